The summed E-state index contributed by atoms with van der Waals surface area (Å²) < 4.78 is 32.2. The lowest BCUT2D eigenvalue weighted by Gasteiger charge is -2.03. The number of ether oxygens (including phenoxy) is 1. The number of carbonyl (C=O) groups excluding carboxylic acids is 1. The largest absolute Gasteiger partial charge is 0.480 e. The number of rotatable bonds is 3. The molecule has 9 heteroatoms. The molecule has 28 heavy (non-hydrogen) atoms. The number of H-pyrrole nitrogens is 1. The lowest BCUT2D eigenvalue weighted by molar-refractivity contribution is -0.141. The average molecular weight is 383 g/mol. The summed E-state index contributed by atoms with van der Waals surface area (Å²) in [6, 6.07) is 6.06. The summed E-state index contributed by atoms with van der Waals surface area (Å²) >= 11 is 0. The number of aliphatic carboxylic acids is 1. The van der Waals surface area contributed by atoms with Crippen LogP contribution in [0.2, 0.25) is 0 Å². The van der Waals surface area contributed by atoms with Crippen LogP contribution in [0.25, 0.3) is 17.1 Å². The van der Waals surface area contributed by atoms with Crippen LogP contribution in [-0.4, -0.2) is 32.7 Å². The highest BCUT2D eigenvalue weighted by Gasteiger charge is 2.44. The number of carbonyl (C=O) groups is 2. The summed E-state index contributed by atoms with van der Waals surface area (Å²) in [7, 11) is 0. The fourth-order valence-electron chi connectivity index (χ4n) is 2.81. The predicted molar refractivity (Wildman–Crippen MR) is 94.7 cm³/mol. The standard InChI is InChI=1S/C19H11F2N3O4/c20-10-3-4-13(12(21)7-10)24-18-15(19(26)27)16(25)14(28-18)6-9-8-23-17-11(9)2-1-5-22-17/h1-8,15H,(H,22,23)(H,26,27)/b14-6-,24-18?. The molecular formula is C19H11F2N3O4. The van der Waals surface area contributed by atoms with E-state index in [1.807, 2.05) is 0 Å². The van der Waals surface area contributed by atoms with Crippen LogP contribution in [0, 0.1) is 17.6 Å². The van der Waals surface area contributed by atoms with E-state index in [2.05, 4.69) is 15.0 Å². The molecule has 2 aromatic heterocycles. The quantitative estimate of drug-likeness (QED) is 0.534. The van der Waals surface area contributed by atoms with Gasteiger partial charge in [0.25, 0.3) is 0 Å². The molecule has 3 aromatic rings. The van der Waals surface area contributed by atoms with Crippen LogP contribution in [-0.2, 0) is 14.3 Å². The van der Waals surface area contributed by atoms with E-state index in [-0.39, 0.29) is 11.4 Å². The topological polar surface area (TPSA) is 105 Å². The molecule has 1 saturated heterocycles. The molecule has 0 bridgehead atoms. The fraction of sp³-hybridized carbons (Fsp3) is 0.0526. The number of benzene rings is 1. The highest BCUT2D eigenvalue weighted by Crippen LogP contribution is 2.29. The number of aromatic amines is 1. The Morgan fingerprint density at radius 3 is 2.89 bits per heavy atom. The summed E-state index contributed by atoms with van der Waals surface area (Å²) in [6.45, 7) is 0. The molecule has 0 spiro atoms. The van der Waals surface area contributed by atoms with Crippen LogP contribution in [0.5, 0.6) is 0 Å². The third kappa shape index (κ3) is 3.02. The number of hydrogen-bond donors (Lipinski definition) is 2. The normalized spacial score (nSPS) is 19.5. The van der Waals surface area contributed by atoms with Gasteiger partial charge in [0, 0.05) is 29.4 Å². The van der Waals surface area contributed by atoms with Crippen LogP contribution < -0.4 is 0 Å². The molecule has 1 fully saturated rings. The lowest BCUT2D eigenvalue weighted by Crippen LogP contribution is -2.25. The van der Waals surface area contributed by atoms with Gasteiger partial charge in [-0.3, -0.25) is 9.59 Å². The second kappa shape index (κ2) is 6.69. The number of hydrogen-bond acceptors (Lipinski definition) is 5. The van der Waals surface area contributed by atoms with Gasteiger partial charge in [0.15, 0.2) is 17.5 Å². The predicted octanol–water partition coefficient (Wildman–Crippen LogP) is 3.21. The van der Waals surface area contributed by atoms with E-state index in [9.17, 15) is 23.5 Å². The van der Waals surface area contributed by atoms with Crippen molar-refractivity contribution in [3.05, 3.63) is 65.7 Å². The monoisotopic (exact) mass is 383 g/mol. The van der Waals surface area contributed by atoms with E-state index in [1.54, 1.807) is 24.5 Å². The smallest absolute Gasteiger partial charge is 0.324 e. The first-order valence-corrected chi connectivity index (χ1v) is 8.06. The van der Waals surface area contributed by atoms with E-state index in [4.69, 9.17) is 4.74 Å². The van der Waals surface area contributed by atoms with E-state index >= 15 is 0 Å². The van der Waals surface area contributed by atoms with E-state index in [0.29, 0.717) is 22.7 Å². The van der Waals surface area contributed by atoms with Crippen molar-refractivity contribution in [2.24, 2.45) is 10.9 Å². The number of fused-ring (bicyclic) bond motifs is 1. The molecule has 0 saturated carbocycles. The molecule has 140 valence electrons. The molecule has 2 N–H and O–H groups in total. The summed E-state index contributed by atoms with van der Waals surface area (Å²) in [5, 5.41) is 10.1. The number of Topliss-reactive ketones (excluding diaryl/α,β-unsaturated/α-hetero) is 1. The lowest BCUT2D eigenvalue weighted by atomic mass is 10.0. The molecule has 3 heterocycles. The van der Waals surface area contributed by atoms with E-state index < -0.39 is 35.2 Å². The van der Waals surface area contributed by atoms with Gasteiger partial charge in [-0.25, -0.2) is 18.8 Å². The minimum absolute atomic E-state index is 0.251. The van der Waals surface area contributed by atoms with Crippen molar-refractivity contribution in [1.82, 2.24) is 9.97 Å². The number of pyridine rings is 1. The van der Waals surface area contributed by atoms with Crippen molar-refractivity contribution in [1.29, 1.82) is 0 Å². The van der Waals surface area contributed by atoms with Gasteiger partial charge in [0.05, 0.1) is 0 Å². The maximum absolute atomic E-state index is 13.8. The third-order valence-corrected chi connectivity index (χ3v) is 4.12. The first-order chi connectivity index (χ1) is 13.4. The molecule has 0 amide bonds. The molecule has 1 aromatic carbocycles. The second-order valence-electron chi connectivity index (χ2n) is 5.94. The third-order valence-electron chi connectivity index (χ3n) is 4.12. The number of nitrogens with zero attached hydrogens (tertiary/aromatic N) is 2. The molecule has 7 nitrogen and oxygen atoms in total. The summed E-state index contributed by atoms with van der Waals surface area (Å²) in [5.41, 5.74) is 0.801. The summed E-state index contributed by atoms with van der Waals surface area (Å²) in [5.74, 6) is -6.60. The van der Waals surface area contributed by atoms with Gasteiger partial charge >= 0.3 is 5.97 Å². The van der Waals surface area contributed by atoms with E-state index in [0.717, 1.165) is 12.1 Å². The van der Waals surface area contributed by atoms with Crippen molar-refractivity contribution < 1.29 is 28.2 Å². The highest BCUT2D eigenvalue weighted by molar-refractivity contribution is 6.27. The van der Waals surface area contributed by atoms with Gasteiger partial charge in [-0.15, -0.1) is 0 Å². The average Bonchev–Trinajstić information content (AvgIpc) is 3.19. The van der Waals surface area contributed by atoms with Crippen molar-refractivity contribution in [2.75, 3.05) is 0 Å². The Kier molecular flexibility index (Phi) is 4.19. The van der Waals surface area contributed by atoms with E-state index in [1.165, 1.54) is 6.08 Å². The Balaban J connectivity index is 1.76. The number of ketones is 1. The van der Waals surface area contributed by atoms with Crippen LogP contribution in [0.4, 0.5) is 14.5 Å². The Hall–Kier alpha value is -3.88. The zero-order valence-corrected chi connectivity index (χ0v) is 14.0. The molecule has 1 aliphatic rings. The van der Waals surface area contributed by atoms with Gasteiger partial charge in [-0.1, -0.05) is 0 Å². The fourth-order valence-corrected chi connectivity index (χ4v) is 2.81. The number of carboxylic acid groups (broad SMARTS) is 1. The molecular weight excluding hydrogens is 372 g/mol. The molecule has 0 aliphatic carbocycles. The van der Waals surface area contributed by atoms with Crippen molar-refractivity contribution in [2.45, 2.75) is 0 Å². The number of nitrogens with one attached hydrogen (secondary N) is 1. The number of allylic oxidation sites excluding steroid dienone is 1. The number of carboxylic acids is 1. The molecule has 1 atom stereocenters. The molecule has 0 radical (unpaired) electrons. The Morgan fingerprint density at radius 2 is 2.14 bits per heavy atom. The van der Waals surface area contributed by atoms with Crippen molar-refractivity contribution in [3.8, 4) is 0 Å². The Morgan fingerprint density at radius 1 is 1.32 bits per heavy atom. The Bertz CT molecular complexity index is 1180. The number of halogens is 2. The minimum atomic E-state index is -1.72. The minimum Gasteiger partial charge on any atom is -0.480 e. The summed E-state index contributed by atoms with van der Waals surface area (Å²) in [4.78, 5) is 34.9. The van der Waals surface area contributed by atoms with Gasteiger partial charge in [-0.2, -0.15) is 0 Å². The number of aliphatic imine (C=N–C) groups is 1. The van der Waals surface area contributed by atoms with Gasteiger partial charge in [-0.05, 0) is 30.3 Å². The number of aromatic nitrogens is 2. The molecule has 4 rings (SSSR count). The molecule has 1 unspecified atom stereocenters. The van der Waals surface area contributed by atoms with Gasteiger partial charge < -0.3 is 14.8 Å². The first kappa shape index (κ1) is 17.5. The maximum atomic E-state index is 13.8. The Labute approximate surface area is 156 Å². The zero-order chi connectivity index (χ0) is 19.8. The first-order valence-electron chi connectivity index (χ1n) is 8.06. The SMILES string of the molecule is O=C(O)C1C(=O)/C(=C/c2c[nH]c3ncccc23)OC1=Nc1ccc(F)cc1F. The van der Waals surface area contributed by atoms with Crippen LogP contribution >= 0.6 is 0 Å². The van der Waals surface area contributed by atoms with Crippen LogP contribution in [0.3, 0.4) is 0 Å². The molecule has 1 aliphatic heterocycles. The van der Waals surface area contributed by atoms with Crippen molar-refractivity contribution in [3.63, 3.8) is 0 Å². The maximum Gasteiger partial charge on any atom is 0.324 e. The van der Waals surface area contributed by atoms with Crippen molar-refractivity contribution >= 4 is 40.4 Å². The van der Waals surface area contributed by atoms with Gasteiger partial charge in [0.2, 0.25) is 11.7 Å². The zero-order valence-electron chi connectivity index (χ0n) is 14.0. The second-order valence-corrected chi connectivity index (χ2v) is 5.94. The van der Waals surface area contributed by atoms with Crippen LogP contribution in [0.1, 0.15) is 5.56 Å². The highest BCUT2D eigenvalue weighted by atomic mass is 19.1. The van der Waals surface area contributed by atoms with Gasteiger partial charge in [0.1, 0.15) is 17.2 Å². The van der Waals surface area contributed by atoms with Crippen LogP contribution in [0.15, 0.2) is 53.5 Å². The summed E-state index contributed by atoms with van der Waals surface area (Å²) in [6.07, 6.45) is 4.55.